The van der Waals surface area contributed by atoms with Gasteiger partial charge in [0.1, 0.15) is 12.3 Å². The minimum atomic E-state index is -1.11. The second-order valence-electron chi connectivity index (χ2n) is 8.15. The maximum Gasteiger partial charge on any atom is 0.373 e. The Morgan fingerprint density at radius 3 is 2.12 bits per heavy atom. The number of benzene rings is 3. The van der Waals surface area contributed by atoms with Gasteiger partial charge in [-0.15, -0.1) is 12.4 Å². The van der Waals surface area contributed by atoms with E-state index < -0.39 is 18.5 Å². The number of halogens is 2. The molecular weight excluding hydrogens is 577 g/mol. The van der Waals surface area contributed by atoms with Gasteiger partial charge in [0.2, 0.25) is 5.91 Å². The summed E-state index contributed by atoms with van der Waals surface area (Å²) in [5.41, 5.74) is 12.8. The van der Waals surface area contributed by atoms with Crippen LogP contribution in [0.2, 0.25) is 5.02 Å². The Morgan fingerprint density at radius 1 is 0.976 bits per heavy atom. The van der Waals surface area contributed by atoms with E-state index in [-0.39, 0.29) is 59.9 Å². The molecule has 0 saturated carbocycles. The Morgan fingerprint density at radius 2 is 1.59 bits per heavy atom. The molecule has 0 bridgehead atoms. The molecule has 0 atom stereocenters. The highest BCUT2D eigenvalue weighted by Gasteiger charge is 2.20. The summed E-state index contributed by atoms with van der Waals surface area (Å²) in [7, 11) is 1.66. The first kappa shape index (κ1) is 34.1. The average Bonchev–Trinajstić information content (AvgIpc) is 2.89. The third-order valence-corrected chi connectivity index (χ3v) is 5.47. The molecule has 0 heterocycles. The van der Waals surface area contributed by atoms with Gasteiger partial charge in [-0.05, 0) is 42.0 Å². The molecule has 3 rings (SSSR count). The van der Waals surface area contributed by atoms with Crippen molar-refractivity contribution in [1.82, 2.24) is 4.90 Å². The Kier molecular flexibility index (Phi) is 14.1. The quantitative estimate of drug-likeness (QED) is 0.134. The van der Waals surface area contributed by atoms with Gasteiger partial charge < -0.3 is 31.1 Å². The fraction of sp³-hybridized carbons (Fsp3) is 0.148. The monoisotopic (exact) mass is 603 g/mol. The van der Waals surface area contributed by atoms with Crippen molar-refractivity contribution in [2.24, 2.45) is 16.5 Å². The van der Waals surface area contributed by atoms with Crippen molar-refractivity contribution in [3.05, 3.63) is 88.9 Å². The molecule has 41 heavy (non-hydrogen) atoms. The Hall–Kier alpha value is -4.90. The second-order valence-corrected chi connectivity index (χ2v) is 8.56. The number of hydrogen-bond donors (Lipinski definition) is 3. The molecule has 0 saturated heterocycles. The summed E-state index contributed by atoms with van der Waals surface area (Å²) in [6.45, 7) is -0.381. The van der Waals surface area contributed by atoms with E-state index in [2.05, 4.69) is 4.99 Å². The van der Waals surface area contributed by atoms with Crippen LogP contribution in [0.4, 0.5) is 11.4 Å². The lowest BCUT2D eigenvalue weighted by Crippen LogP contribution is -2.41. The third-order valence-electron chi connectivity index (χ3n) is 5.17. The number of aliphatic carboxylic acids is 1. The van der Waals surface area contributed by atoms with Gasteiger partial charge in [-0.3, -0.25) is 9.59 Å². The number of amides is 1. The number of carboxylic acids is 1. The van der Waals surface area contributed by atoms with Gasteiger partial charge in [0.25, 0.3) is 0 Å². The molecule has 5 N–H and O–H groups in total. The van der Waals surface area contributed by atoms with Crippen molar-refractivity contribution in [2.75, 3.05) is 25.0 Å². The van der Waals surface area contributed by atoms with Crippen LogP contribution in [0.1, 0.15) is 15.9 Å². The van der Waals surface area contributed by atoms with E-state index in [9.17, 15) is 19.5 Å². The van der Waals surface area contributed by atoms with Gasteiger partial charge in [-0.25, -0.2) is 9.79 Å². The van der Waals surface area contributed by atoms with Gasteiger partial charge in [-0.2, -0.15) is 9.59 Å². The van der Waals surface area contributed by atoms with Gasteiger partial charge in [-0.1, -0.05) is 41.9 Å². The van der Waals surface area contributed by atoms with Crippen LogP contribution in [-0.2, 0) is 25.7 Å². The number of hydrogen-bond acceptors (Lipinski definition) is 8. The fourth-order valence-electron chi connectivity index (χ4n) is 3.44. The summed E-state index contributed by atoms with van der Waals surface area (Å²) in [6, 6.07) is 19.9. The predicted molar refractivity (Wildman–Crippen MR) is 153 cm³/mol. The molecule has 0 aliphatic heterocycles. The fourth-order valence-corrected chi connectivity index (χ4v) is 3.75. The van der Waals surface area contributed by atoms with Crippen LogP contribution in [0, 0.1) is 0 Å². The van der Waals surface area contributed by atoms with Gasteiger partial charge in [0.15, 0.2) is 5.96 Å². The number of aliphatic imine (C=N–C) groups is 1. The zero-order chi connectivity index (χ0) is 29.7. The zero-order valence-corrected chi connectivity index (χ0v) is 23.3. The second kappa shape index (κ2) is 16.9. The highest BCUT2D eigenvalue weighted by Crippen LogP contribution is 2.30. The lowest BCUT2D eigenvalue weighted by molar-refractivity contribution is -0.191. The van der Waals surface area contributed by atoms with Crippen molar-refractivity contribution in [2.45, 2.75) is 6.54 Å². The van der Waals surface area contributed by atoms with Gasteiger partial charge in [0, 0.05) is 19.7 Å². The first-order chi connectivity index (χ1) is 19.0. The zero-order valence-electron chi connectivity index (χ0n) is 21.7. The SMILES string of the molecule is CN(CC(=O)N(CC(=O)O)Cc1ccccc1)c1ccc(OC(=O)c2ccc(N=C(N)N)cc2)cc1Cl.Cl.O=C=O. The van der Waals surface area contributed by atoms with E-state index in [0.717, 1.165) is 5.56 Å². The molecule has 0 radical (unpaired) electrons. The number of likely N-dealkylation sites (N-methyl/N-ethyl adjacent to an activating group) is 1. The molecule has 0 fully saturated rings. The van der Waals surface area contributed by atoms with E-state index >= 15 is 0 Å². The number of anilines is 1. The molecule has 3 aromatic rings. The number of carbonyl (C=O) groups is 3. The van der Waals surface area contributed by atoms with Gasteiger partial charge in [0.05, 0.1) is 28.5 Å². The number of nitrogens with two attached hydrogens (primary N) is 2. The smallest absolute Gasteiger partial charge is 0.373 e. The number of esters is 1. The predicted octanol–water partition coefficient (Wildman–Crippen LogP) is 2.85. The molecule has 0 aliphatic carbocycles. The number of rotatable bonds is 10. The normalized spacial score (nSPS) is 9.51. The van der Waals surface area contributed by atoms with E-state index in [4.69, 9.17) is 37.4 Å². The number of nitrogens with zero attached hydrogens (tertiary/aromatic N) is 3. The van der Waals surface area contributed by atoms with Crippen molar-refractivity contribution in [1.29, 1.82) is 0 Å². The Bertz CT molecular complexity index is 1390. The molecule has 0 aliphatic rings. The summed E-state index contributed by atoms with van der Waals surface area (Å²) >= 11 is 6.41. The van der Waals surface area contributed by atoms with Crippen LogP contribution in [0.5, 0.6) is 5.75 Å². The van der Waals surface area contributed by atoms with E-state index in [1.54, 1.807) is 36.2 Å². The summed E-state index contributed by atoms with van der Waals surface area (Å²) < 4.78 is 5.40. The third kappa shape index (κ3) is 11.4. The maximum atomic E-state index is 12.9. The van der Waals surface area contributed by atoms with Crippen molar-refractivity contribution in [3.63, 3.8) is 0 Å². The lowest BCUT2D eigenvalue weighted by atomic mass is 10.2. The molecule has 14 heteroatoms. The first-order valence-corrected chi connectivity index (χ1v) is 11.9. The summed E-state index contributed by atoms with van der Waals surface area (Å²) in [4.78, 5) is 59.7. The first-order valence-electron chi connectivity index (χ1n) is 11.5. The van der Waals surface area contributed by atoms with Crippen molar-refractivity contribution in [3.8, 4) is 5.75 Å². The number of guanidine groups is 1. The van der Waals surface area contributed by atoms with Crippen molar-refractivity contribution < 1.29 is 33.8 Å². The highest BCUT2D eigenvalue weighted by atomic mass is 35.5. The summed E-state index contributed by atoms with van der Waals surface area (Å²) in [5, 5.41) is 9.50. The molecule has 1 amide bonds. The molecule has 0 aromatic heterocycles. The minimum absolute atomic E-state index is 0. The van der Waals surface area contributed by atoms with E-state index in [1.807, 2.05) is 30.3 Å². The van der Waals surface area contributed by atoms with Crippen LogP contribution >= 0.6 is 24.0 Å². The Balaban J connectivity index is 0.00000201. The summed E-state index contributed by atoms with van der Waals surface area (Å²) in [6.07, 6.45) is 0.250. The molecule has 216 valence electrons. The van der Waals surface area contributed by atoms with Crippen LogP contribution in [0.25, 0.3) is 0 Å². The maximum absolute atomic E-state index is 12.9. The molecular formula is C27H27Cl2N5O7. The lowest BCUT2D eigenvalue weighted by Gasteiger charge is -2.26. The number of ether oxygens (including phenoxy) is 1. The van der Waals surface area contributed by atoms with Crippen molar-refractivity contribution >= 4 is 65.3 Å². The number of carboxylic acid groups (broad SMARTS) is 1. The van der Waals surface area contributed by atoms with Crippen LogP contribution in [0.15, 0.2) is 77.8 Å². The van der Waals surface area contributed by atoms with E-state index in [0.29, 0.717) is 11.4 Å². The summed E-state index contributed by atoms with van der Waals surface area (Å²) in [5.74, 6) is -1.98. The number of carbonyl (C=O) groups excluding carboxylic acids is 4. The van der Waals surface area contributed by atoms with Gasteiger partial charge >= 0.3 is 18.1 Å². The largest absolute Gasteiger partial charge is 0.480 e. The molecule has 3 aromatic carbocycles. The molecule has 0 unspecified atom stereocenters. The van der Waals surface area contributed by atoms with Crippen LogP contribution < -0.4 is 21.1 Å². The molecule has 0 spiro atoms. The van der Waals surface area contributed by atoms with E-state index in [1.165, 1.54) is 23.1 Å². The Labute approximate surface area is 246 Å². The topological polar surface area (TPSA) is 186 Å². The minimum Gasteiger partial charge on any atom is -0.480 e. The molecule has 12 nitrogen and oxygen atoms in total. The average molecular weight is 604 g/mol. The van der Waals surface area contributed by atoms with Crippen LogP contribution in [-0.4, -0.2) is 60.1 Å². The highest BCUT2D eigenvalue weighted by molar-refractivity contribution is 6.33. The van der Waals surface area contributed by atoms with Crippen LogP contribution in [0.3, 0.4) is 0 Å². The standard InChI is InChI=1S/C26H26ClN5O5.CO2.ClH/c1-31(15-23(33)32(16-24(34)35)14-17-5-3-2-4-6-17)22-12-11-20(13-21(22)27)37-25(36)18-7-9-19(10-8-18)30-26(28)29;2-1-3;/h2-13H,14-16H2,1H3,(H,34,35)(H4,28,29,30);;1H.